The number of hydrogen-bond acceptors (Lipinski definition) is 3. The van der Waals surface area contributed by atoms with Gasteiger partial charge in [-0.3, -0.25) is 11.7 Å². The summed E-state index contributed by atoms with van der Waals surface area (Å²) >= 11 is 0. The molecule has 0 aromatic rings. The van der Waals surface area contributed by atoms with Crippen LogP contribution in [0.2, 0.25) is 0 Å². The number of hydrazine groups is 1. The monoisotopic (exact) mass is 173 g/mol. The van der Waals surface area contributed by atoms with E-state index in [1.165, 1.54) is 32.1 Å². The molecule has 3 heteroatoms. The first-order valence-electron chi connectivity index (χ1n) is 4.88. The highest BCUT2D eigenvalue weighted by atomic mass is 15.0. The quantitative estimate of drug-likeness (QED) is 0.433. The molecule has 74 valence electrons. The van der Waals surface area contributed by atoms with Crippen molar-refractivity contribution in [3.05, 3.63) is 0 Å². The number of nitrogens with one attached hydrogen (secondary N) is 1. The Morgan fingerprint density at radius 1 is 1.08 bits per heavy atom. The minimum absolute atomic E-state index is 0.670. The summed E-state index contributed by atoms with van der Waals surface area (Å²) < 4.78 is 0. The Labute approximate surface area is 75.9 Å². The molecule has 0 aromatic heterocycles. The second kappa shape index (κ2) is 7.53. The fraction of sp³-hybridized carbons (Fsp3) is 1.00. The standard InChI is InChI=1S/C9H19N.H4N2/c1-8(2)10-9-6-4-3-5-7-9;1-2/h8-10H,3-7H2,1-2H3;1-2H2. The maximum Gasteiger partial charge on any atom is 0.00694 e. The highest BCUT2D eigenvalue weighted by Crippen LogP contribution is 2.17. The normalized spacial score (nSPS) is 18.8. The van der Waals surface area contributed by atoms with Gasteiger partial charge in [0.25, 0.3) is 0 Å². The molecule has 0 heterocycles. The summed E-state index contributed by atoms with van der Waals surface area (Å²) in [5.74, 6) is 8.00. The summed E-state index contributed by atoms with van der Waals surface area (Å²) in [6.07, 6.45) is 7.13. The second-order valence-corrected chi connectivity index (χ2v) is 3.66. The first-order valence-corrected chi connectivity index (χ1v) is 4.88. The third kappa shape index (κ3) is 5.52. The van der Waals surface area contributed by atoms with E-state index in [1.54, 1.807) is 0 Å². The van der Waals surface area contributed by atoms with Crippen molar-refractivity contribution in [1.82, 2.24) is 5.32 Å². The van der Waals surface area contributed by atoms with Crippen molar-refractivity contribution < 1.29 is 0 Å². The highest BCUT2D eigenvalue weighted by molar-refractivity contribution is 4.73. The lowest BCUT2D eigenvalue weighted by atomic mass is 9.95. The van der Waals surface area contributed by atoms with Crippen LogP contribution in [0, 0.1) is 0 Å². The molecular formula is C9H23N3. The van der Waals surface area contributed by atoms with Gasteiger partial charge in [-0.25, -0.2) is 0 Å². The zero-order valence-corrected chi connectivity index (χ0v) is 8.34. The molecule has 3 nitrogen and oxygen atoms in total. The molecule has 0 spiro atoms. The Bertz CT molecular complexity index is 87.8. The molecule has 0 radical (unpaired) electrons. The van der Waals surface area contributed by atoms with Gasteiger partial charge in [-0.05, 0) is 12.8 Å². The summed E-state index contributed by atoms with van der Waals surface area (Å²) in [5.41, 5.74) is 0. The van der Waals surface area contributed by atoms with Gasteiger partial charge in [-0.15, -0.1) is 0 Å². The van der Waals surface area contributed by atoms with Crippen LogP contribution in [0.25, 0.3) is 0 Å². The van der Waals surface area contributed by atoms with Crippen LogP contribution in [0.3, 0.4) is 0 Å². The first-order chi connectivity index (χ1) is 5.79. The van der Waals surface area contributed by atoms with Gasteiger partial charge in [0, 0.05) is 12.1 Å². The van der Waals surface area contributed by atoms with Crippen molar-refractivity contribution in [1.29, 1.82) is 0 Å². The van der Waals surface area contributed by atoms with Crippen molar-refractivity contribution in [2.45, 2.75) is 58.0 Å². The topological polar surface area (TPSA) is 64.1 Å². The van der Waals surface area contributed by atoms with E-state index in [0.717, 1.165) is 6.04 Å². The second-order valence-electron chi connectivity index (χ2n) is 3.66. The van der Waals surface area contributed by atoms with Crippen LogP contribution >= 0.6 is 0 Å². The van der Waals surface area contributed by atoms with Gasteiger partial charge in [-0.2, -0.15) is 0 Å². The van der Waals surface area contributed by atoms with Gasteiger partial charge in [0.1, 0.15) is 0 Å². The summed E-state index contributed by atoms with van der Waals surface area (Å²) in [4.78, 5) is 0. The molecule has 5 N–H and O–H groups in total. The lowest BCUT2D eigenvalue weighted by Crippen LogP contribution is -2.35. The van der Waals surface area contributed by atoms with E-state index in [0.29, 0.717) is 6.04 Å². The van der Waals surface area contributed by atoms with Gasteiger partial charge in [0.2, 0.25) is 0 Å². The molecule has 1 aliphatic carbocycles. The van der Waals surface area contributed by atoms with Gasteiger partial charge >= 0.3 is 0 Å². The van der Waals surface area contributed by atoms with Crippen LogP contribution in [0.4, 0.5) is 0 Å². The Morgan fingerprint density at radius 2 is 1.58 bits per heavy atom. The molecule has 0 bridgehead atoms. The van der Waals surface area contributed by atoms with E-state index >= 15 is 0 Å². The Hall–Kier alpha value is -0.120. The number of hydrogen-bond donors (Lipinski definition) is 3. The SMILES string of the molecule is CC(C)NC1CCCCC1.NN. The van der Waals surface area contributed by atoms with Crippen LogP contribution in [-0.4, -0.2) is 12.1 Å². The fourth-order valence-electron chi connectivity index (χ4n) is 1.74. The van der Waals surface area contributed by atoms with Crippen molar-refractivity contribution in [2.24, 2.45) is 11.7 Å². The van der Waals surface area contributed by atoms with Gasteiger partial charge in [0.05, 0.1) is 0 Å². The lowest BCUT2D eigenvalue weighted by Gasteiger charge is -2.24. The summed E-state index contributed by atoms with van der Waals surface area (Å²) in [6.45, 7) is 4.46. The zero-order chi connectivity index (χ0) is 9.40. The van der Waals surface area contributed by atoms with E-state index in [9.17, 15) is 0 Å². The van der Waals surface area contributed by atoms with Crippen LogP contribution in [0.1, 0.15) is 46.0 Å². The molecule has 0 unspecified atom stereocenters. The van der Waals surface area contributed by atoms with Crippen LogP contribution in [0.15, 0.2) is 0 Å². The predicted octanol–water partition coefficient (Wildman–Crippen LogP) is 1.14. The molecule has 1 fully saturated rings. The molecule has 0 aromatic carbocycles. The molecule has 1 rings (SSSR count). The molecule has 0 atom stereocenters. The fourth-order valence-corrected chi connectivity index (χ4v) is 1.74. The summed E-state index contributed by atoms with van der Waals surface area (Å²) in [5, 5.41) is 3.58. The molecule has 12 heavy (non-hydrogen) atoms. The summed E-state index contributed by atoms with van der Waals surface area (Å²) in [6, 6.07) is 1.50. The van der Waals surface area contributed by atoms with E-state index in [2.05, 4.69) is 30.8 Å². The maximum absolute atomic E-state index is 4.00. The largest absolute Gasteiger partial charge is 0.312 e. The number of rotatable bonds is 2. The average molecular weight is 173 g/mol. The molecular weight excluding hydrogens is 150 g/mol. The van der Waals surface area contributed by atoms with Gasteiger partial charge < -0.3 is 5.32 Å². The molecule has 0 aliphatic heterocycles. The third-order valence-corrected chi connectivity index (χ3v) is 2.17. The van der Waals surface area contributed by atoms with E-state index in [-0.39, 0.29) is 0 Å². The predicted molar refractivity (Wildman–Crippen MR) is 53.5 cm³/mol. The van der Waals surface area contributed by atoms with Crippen LogP contribution in [0.5, 0.6) is 0 Å². The lowest BCUT2D eigenvalue weighted by molar-refractivity contribution is 0.352. The summed E-state index contributed by atoms with van der Waals surface area (Å²) in [7, 11) is 0. The van der Waals surface area contributed by atoms with Gasteiger partial charge in [0.15, 0.2) is 0 Å². The Kier molecular flexibility index (Phi) is 7.45. The molecule has 0 saturated heterocycles. The highest BCUT2D eigenvalue weighted by Gasteiger charge is 2.12. The molecule has 1 aliphatic rings. The van der Waals surface area contributed by atoms with Gasteiger partial charge in [-0.1, -0.05) is 33.1 Å². The average Bonchev–Trinajstić information content (AvgIpc) is 2.08. The van der Waals surface area contributed by atoms with Crippen LogP contribution < -0.4 is 17.0 Å². The van der Waals surface area contributed by atoms with E-state index in [1.807, 2.05) is 0 Å². The van der Waals surface area contributed by atoms with E-state index in [4.69, 9.17) is 0 Å². The Balaban J connectivity index is 0.000000561. The van der Waals surface area contributed by atoms with Crippen molar-refractivity contribution >= 4 is 0 Å². The van der Waals surface area contributed by atoms with Crippen molar-refractivity contribution in [3.8, 4) is 0 Å². The maximum atomic E-state index is 4.00. The minimum atomic E-state index is 0.670. The molecule has 0 amide bonds. The minimum Gasteiger partial charge on any atom is -0.312 e. The number of nitrogens with two attached hydrogens (primary N) is 2. The zero-order valence-electron chi connectivity index (χ0n) is 8.34. The van der Waals surface area contributed by atoms with Crippen molar-refractivity contribution in [2.75, 3.05) is 0 Å². The Morgan fingerprint density at radius 3 is 2.00 bits per heavy atom. The molecule has 1 saturated carbocycles. The van der Waals surface area contributed by atoms with Crippen LogP contribution in [-0.2, 0) is 0 Å². The first kappa shape index (κ1) is 11.9. The van der Waals surface area contributed by atoms with Crippen molar-refractivity contribution in [3.63, 3.8) is 0 Å². The van der Waals surface area contributed by atoms with E-state index < -0.39 is 0 Å². The smallest absolute Gasteiger partial charge is 0.00694 e. The third-order valence-electron chi connectivity index (χ3n) is 2.17.